The molecule has 0 aliphatic heterocycles. The van der Waals surface area contributed by atoms with E-state index in [2.05, 4.69) is 15.5 Å². The molecule has 0 atom stereocenters. The van der Waals surface area contributed by atoms with Crippen molar-refractivity contribution < 1.29 is 22.4 Å². The molecule has 0 spiro atoms. The SMILES string of the molecule is Cc1ccc(S(=O)(=O)CCC(=O)Nc2cccc(OCc3nnc(-c4ccccc4)o3)c2)cc1. The summed E-state index contributed by atoms with van der Waals surface area (Å²) in [5.74, 6) is 0.524. The van der Waals surface area contributed by atoms with Gasteiger partial charge in [0.05, 0.1) is 10.6 Å². The van der Waals surface area contributed by atoms with Crippen molar-refractivity contribution in [2.75, 3.05) is 11.1 Å². The molecule has 1 amide bonds. The number of ether oxygens (including phenoxy) is 1. The van der Waals surface area contributed by atoms with Crippen molar-refractivity contribution in [1.82, 2.24) is 10.2 Å². The second-order valence-electron chi connectivity index (χ2n) is 7.61. The van der Waals surface area contributed by atoms with Gasteiger partial charge in [0.1, 0.15) is 5.75 Å². The molecule has 0 bridgehead atoms. The molecule has 0 saturated heterocycles. The van der Waals surface area contributed by atoms with Gasteiger partial charge in [-0.25, -0.2) is 8.42 Å². The molecule has 1 N–H and O–H groups in total. The maximum atomic E-state index is 12.4. The number of carbonyl (C=O) groups excluding carboxylic acids is 1. The molecule has 0 aliphatic rings. The zero-order valence-electron chi connectivity index (χ0n) is 18.5. The molecule has 0 unspecified atom stereocenters. The van der Waals surface area contributed by atoms with E-state index in [0.717, 1.165) is 11.1 Å². The Morgan fingerprint density at radius 1 is 0.971 bits per heavy atom. The number of rotatable bonds is 9. The molecule has 1 aromatic heterocycles. The molecule has 0 saturated carbocycles. The first-order chi connectivity index (χ1) is 16.4. The number of anilines is 1. The van der Waals surface area contributed by atoms with Gasteiger partial charge < -0.3 is 14.5 Å². The van der Waals surface area contributed by atoms with E-state index in [1.807, 2.05) is 37.3 Å². The molecule has 174 valence electrons. The van der Waals surface area contributed by atoms with Gasteiger partial charge in [0.15, 0.2) is 16.4 Å². The third-order valence-corrected chi connectivity index (χ3v) is 6.68. The summed E-state index contributed by atoms with van der Waals surface area (Å²) in [6.07, 6.45) is -0.161. The number of nitrogens with zero attached hydrogens (tertiary/aromatic N) is 2. The molecule has 1 heterocycles. The van der Waals surface area contributed by atoms with Gasteiger partial charge in [0.25, 0.3) is 5.89 Å². The topological polar surface area (TPSA) is 111 Å². The molecule has 3 aromatic carbocycles. The number of aryl methyl sites for hydroxylation is 1. The van der Waals surface area contributed by atoms with Crippen molar-refractivity contribution in [2.24, 2.45) is 0 Å². The van der Waals surface area contributed by atoms with Crippen molar-refractivity contribution in [3.8, 4) is 17.2 Å². The fourth-order valence-electron chi connectivity index (χ4n) is 3.13. The largest absolute Gasteiger partial charge is 0.484 e. The number of hydrogen-bond donors (Lipinski definition) is 1. The van der Waals surface area contributed by atoms with Crippen LogP contribution in [0.25, 0.3) is 11.5 Å². The number of aromatic nitrogens is 2. The summed E-state index contributed by atoms with van der Waals surface area (Å²) >= 11 is 0. The third-order valence-electron chi connectivity index (χ3n) is 4.95. The summed E-state index contributed by atoms with van der Waals surface area (Å²) in [4.78, 5) is 12.5. The van der Waals surface area contributed by atoms with Gasteiger partial charge in [0, 0.05) is 23.7 Å². The van der Waals surface area contributed by atoms with Gasteiger partial charge in [-0.05, 0) is 43.3 Å². The summed E-state index contributed by atoms with van der Waals surface area (Å²) in [5, 5.41) is 10.7. The highest BCUT2D eigenvalue weighted by Gasteiger charge is 2.16. The summed E-state index contributed by atoms with van der Waals surface area (Å²) in [7, 11) is -3.54. The van der Waals surface area contributed by atoms with E-state index in [1.54, 1.807) is 48.5 Å². The number of amides is 1. The van der Waals surface area contributed by atoms with E-state index in [4.69, 9.17) is 9.15 Å². The van der Waals surface area contributed by atoms with Gasteiger partial charge in [-0.1, -0.05) is 42.0 Å². The summed E-state index contributed by atoms with van der Waals surface area (Å²) in [6.45, 7) is 1.94. The van der Waals surface area contributed by atoms with E-state index < -0.39 is 15.7 Å². The summed E-state index contributed by atoms with van der Waals surface area (Å²) in [6, 6.07) is 22.8. The van der Waals surface area contributed by atoms with Crippen LogP contribution in [0.4, 0.5) is 5.69 Å². The number of benzene rings is 3. The second kappa shape index (κ2) is 10.3. The predicted octanol–water partition coefficient (Wildman–Crippen LogP) is 4.43. The Morgan fingerprint density at radius 2 is 1.74 bits per heavy atom. The molecule has 34 heavy (non-hydrogen) atoms. The Bertz CT molecular complexity index is 1370. The zero-order valence-corrected chi connectivity index (χ0v) is 19.3. The average Bonchev–Trinajstić information content (AvgIpc) is 3.32. The van der Waals surface area contributed by atoms with Crippen LogP contribution in [0.2, 0.25) is 0 Å². The highest BCUT2D eigenvalue weighted by atomic mass is 32.2. The minimum atomic E-state index is -3.54. The van der Waals surface area contributed by atoms with Crippen molar-refractivity contribution in [3.63, 3.8) is 0 Å². The Labute approximate surface area is 197 Å². The highest BCUT2D eigenvalue weighted by molar-refractivity contribution is 7.91. The second-order valence-corrected chi connectivity index (χ2v) is 9.72. The van der Waals surface area contributed by atoms with E-state index in [9.17, 15) is 13.2 Å². The van der Waals surface area contributed by atoms with E-state index in [0.29, 0.717) is 23.2 Å². The van der Waals surface area contributed by atoms with Gasteiger partial charge >= 0.3 is 0 Å². The number of hydrogen-bond acceptors (Lipinski definition) is 7. The van der Waals surface area contributed by atoms with Crippen molar-refractivity contribution in [3.05, 3.63) is 90.3 Å². The lowest BCUT2D eigenvalue weighted by Gasteiger charge is -2.09. The van der Waals surface area contributed by atoms with Crippen LogP contribution in [-0.2, 0) is 21.2 Å². The van der Waals surface area contributed by atoms with E-state index in [1.165, 1.54) is 0 Å². The van der Waals surface area contributed by atoms with Crippen LogP contribution in [0.5, 0.6) is 5.75 Å². The first-order valence-corrected chi connectivity index (χ1v) is 12.2. The van der Waals surface area contributed by atoms with Crippen LogP contribution < -0.4 is 10.1 Å². The van der Waals surface area contributed by atoms with Gasteiger partial charge in [-0.15, -0.1) is 10.2 Å². The van der Waals surface area contributed by atoms with Crippen molar-refractivity contribution in [2.45, 2.75) is 24.8 Å². The maximum Gasteiger partial charge on any atom is 0.254 e. The smallest absolute Gasteiger partial charge is 0.254 e. The zero-order chi connectivity index (χ0) is 24.0. The molecule has 9 heteroatoms. The lowest BCUT2D eigenvalue weighted by molar-refractivity contribution is -0.115. The first kappa shape index (κ1) is 23.2. The number of nitrogens with one attached hydrogen (secondary N) is 1. The molecule has 0 fully saturated rings. The van der Waals surface area contributed by atoms with Crippen LogP contribution in [0, 0.1) is 6.92 Å². The standard InChI is InChI=1S/C25H23N3O5S/c1-18-10-12-22(13-11-18)34(30,31)15-14-23(29)26-20-8-5-9-21(16-20)32-17-24-27-28-25(33-24)19-6-3-2-4-7-19/h2-13,16H,14-15,17H2,1H3,(H,26,29). The minimum absolute atomic E-state index is 0.0615. The summed E-state index contributed by atoms with van der Waals surface area (Å²) < 4.78 is 36.2. The Morgan fingerprint density at radius 3 is 2.50 bits per heavy atom. The Hall–Kier alpha value is -3.98. The fraction of sp³-hybridized carbons (Fsp3) is 0.160. The third kappa shape index (κ3) is 6.08. The lowest BCUT2D eigenvalue weighted by Crippen LogP contribution is -2.17. The average molecular weight is 478 g/mol. The van der Waals surface area contributed by atoms with Crippen LogP contribution in [0.15, 0.2) is 88.2 Å². The normalized spacial score (nSPS) is 11.2. The van der Waals surface area contributed by atoms with Gasteiger partial charge in [0.2, 0.25) is 11.8 Å². The fourth-order valence-corrected chi connectivity index (χ4v) is 4.37. The molecular weight excluding hydrogens is 454 g/mol. The molecular formula is C25H23N3O5S. The van der Waals surface area contributed by atoms with Crippen LogP contribution in [-0.4, -0.2) is 30.3 Å². The van der Waals surface area contributed by atoms with Crippen molar-refractivity contribution >= 4 is 21.4 Å². The quantitative estimate of drug-likeness (QED) is 0.380. The van der Waals surface area contributed by atoms with E-state index in [-0.39, 0.29) is 23.7 Å². The Kier molecular flexibility index (Phi) is 7.03. The summed E-state index contributed by atoms with van der Waals surface area (Å²) in [5.41, 5.74) is 2.27. The molecule has 4 rings (SSSR count). The van der Waals surface area contributed by atoms with E-state index >= 15 is 0 Å². The predicted molar refractivity (Wildman–Crippen MR) is 127 cm³/mol. The Balaban J connectivity index is 1.30. The molecule has 4 aromatic rings. The van der Waals surface area contributed by atoms with Gasteiger partial charge in [-0.3, -0.25) is 4.79 Å². The molecule has 0 aliphatic carbocycles. The monoisotopic (exact) mass is 477 g/mol. The lowest BCUT2D eigenvalue weighted by atomic mass is 10.2. The highest BCUT2D eigenvalue weighted by Crippen LogP contribution is 2.21. The van der Waals surface area contributed by atoms with Crippen molar-refractivity contribution in [1.29, 1.82) is 0 Å². The van der Waals surface area contributed by atoms with Crippen LogP contribution in [0.1, 0.15) is 17.9 Å². The van der Waals surface area contributed by atoms with Crippen LogP contribution in [0.3, 0.4) is 0 Å². The number of carbonyl (C=O) groups is 1. The van der Waals surface area contributed by atoms with Gasteiger partial charge in [-0.2, -0.15) is 0 Å². The number of sulfone groups is 1. The maximum absolute atomic E-state index is 12.4. The van der Waals surface area contributed by atoms with Crippen LogP contribution >= 0.6 is 0 Å². The minimum Gasteiger partial charge on any atom is -0.484 e. The first-order valence-electron chi connectivity index (χ1n) is 10.6. The molecule has 8 nitrogen and oxygen atoms in total. The molecule has 0 radical (unpaired) electrons.